The van der Waals surface area contributed by atoms with Gasteiger partial charge in [-0.05, 0) is 30.5 Å². The molecule has 0 aliphatic rings. The maximum absolute atomic E-state index is 10.8. The fourth-order valence-corrected chi connectivity index (χ4v) is 2.18. The third-order valence-electron chi connectivity index (χ3n) is 3.40. The molecule has 0 amide bonds. The zero-order valence-corrected chi connectivity index (χ0v) is 12.4. The van der Waals surface area contributed by atoms with E-state index >= 15 is 0 Å². The SMILES string of the molecule is C=C(Cc1cc(CCCCCCCC)ccn1)C(=O)O. The summed E-state index contributed by atoms with van der Waals surface area (Å²) in [6, 6.07) is 4.01. The highest BCUT2D eigenvalue weighted by Gasteiger charge is 2.06. The minimum Gasteiger partial charge on any atom is -0.478 e. The monoisotopic (exact) mass is 275 g/mol. The number of hydrogen-bond donors (Lipinski definition) is 1. The number of carbonyl (C=O) groups is 1. The molecule has 3 heteroatoms. The minimum atomic E-state index is -0.951. The molecule has 0 unspecified atom stereocenters. The first-order valence-corrected chi connectivity index (χ1v) is 7.48. The Labute approximate surface area is 121 Å². The third-order valence-corrected chi connectivity index (χ3v) is 3.40. The molecule has 1 N–H and O–H groups in total. The molecule has 1 heterocycles. The Morgan fingerprint density at radius 1 is 1.25 bits per heavy atom. The van der Waals surface area contributed by atoms with Crippen molar-refractivity contribution in [2.75, 3.05) is 0 Å². The van der Waals surface area contributed by atoms with Gasteiger partial charge in [0.1, 0.15) is 0 Å². The molecule has 0 saturated carbocycles. The standard InChI is InChI=1S/C17H25NO2/c1-3-4-5-6-7-8-9-15-10-11-18-16(13-15)12-14(2)17(19)20/h10-11,13H,2-9,12H2,1H3,(H,19,20). The average Bonchev–Trinajstić information content (AvgIpc) is 2.43. The number of carboxylic acids is 1. The maximum Gasteiger partial charge on any atom is 0.331 e. The number of aliphatic carboxylic acids is 1. The van der Waals surface area contributed by atoms with Crippen LogP contribution in [0.1, 0.15) is 56.7 Å². The van der Waals surface area contributed by atoms with E-state index < -0.39 is 5.97 Å². The molecule has 0 aromatic carbocycles. The number of rotatable bonds is 10. The largest absolute Gasteiger partial charge is 0.478 e. The Balaban J connectivity index is 2.36. The molecule has 0 bridgehead atoms. The lowest BCUT2D eigenvalue weighted by Crippen LogP contribution is -2.04. The van der Waals surface area contributed by atoms with Gasteiger partial charge in [0, 0.05) is 23.9 Å². The van der Waals surface area contributed by atoms with Crippen molar-refractivity contribution in [2.45, 2.75) is 58.3 Å². The fraction of sp³-hybridized carbons (Fsp3) is 0.529. The Kier molecular flexibility index (Phi) is 7.63. The van der Waals surface area contributed by atoms with Crippen molar-refractivity contribution in [3.63, 3.8) is 0 Å². The van der Waals surface area contributed by atoms with Gasteiger partial charge in [-0.15, -0.1) is 0 Å². The van der Waals surface area contributed by atoms with Crippen molar-refractivity contribution in [3.8, 4) is 0 Å². The van der Waals surface area contributed by atoms with Crippen molar-refractivity contribution >= 4 is 5.97 Å². The van der Waals surface area contributed by atoms with Gasteiger partial charge in [-0.2, -0.15) is 0 Å². The van der Waals surface area contributed by atoms with E-state index in [-0.39, 0.29) is 5.57 Å². The van der Waals surface area contributed by atoms with Gasteiger partial charge in [0.05, 0.1) is 0 Å². The van der Waals surface area contributed by atoms with Gasteiger partial charge in [0.25, 0.3) is 0 Å². The molecule has 1 rings (SSSR count). The third kappa shape index (κ3) is 6.50. The van der Waals surface area contributed by atoms with E-state index in [1.807, 2.05) is 12.1 Å². The smallest absolute Gasteiger partial charge is 0.331 e. The van der Waals surface area contributed by atoms with Gasteiger partial charge in [-0.25, -0.2) is 4.79 Å². The summed E-state index contributed by atoms with van der Waals surface area (Å²) in [4.78, 5) is 15.0. The molecule has 0 saturated heterocycles. The summed E-state index contributed by atoms with van der Waals surface area (Å²) in [5, 5.41) is 8.83. The lowest BCUT2D eigenvalue weighted by atomic mass is 10.0. The molecule has 0 spiro atoms. The topological polar surface area (TPSA) is 50.2 Å². The zero-order valence-electron chi connectivity index (χ0n) is 12.4. The lowest BCUT2D eigenvalue weighted by molar-refractivity contribution is -0.132. The van der Waals surface area contributed by atoms with E-state index in [1.54, 1.807) is 6.20 Å². The van der Waals surface area contributed by atoms with E-state index in [0.29, 0.717) is 6.42 Å². The molecule has 0 radical (unpaired) electrons. The van der Waals surface area contributed by atoms with Crippen LogP contribution in [0.5, 0.6) is 0 Å². The van der Waals surface area contributed by atoms with Crippen molar-refractivity contribution in [1.29, 1.82) is 0 Å². The Morgan fingerprint density at radius 2 is 1.95 bits per heavy atom. The van der Waals surface area contributed by atoms with Crippen LogP contribution in [0.2, 0.25) is 0 Å². The second-order valence-electron chi connectivity index (χ2n) is 5.26. The van der Waals surface area contributed by atoms with Crippen molar-refractivity contribution in [2.24, 2.45) is 0 Å². The number of nitrogens with zero attached hydrogens (tertiary/aromatic N) is 1. The maximum atomic E-state index is 10.8. The highest BCUT2D eigenvalue weighted by atomic mass is 16.4. The number of unbranched alkanes of at least 4 members (excludes halogenated alkanes) is 5. The van der Waals surface area contributed by atoms with Crippen molar-refractivity contribution < 1.29 is 9.90 Å². The summed E-state index contributed by atoms with van der Waals surface area (Å²) in [6.07, 6.45) is 10.8. The zero-order chi connectivity index (χ0) is 14.8. The summed E-state index contributed by atoms with van der Waals surface area (Å²) in [5.41, 5.74) is 2.22. The van der Waals surface area contributed by atoms with E-state index in [1.165, 1.54) is 44.1 Å². The summed E-state index contributed by atoms with van der Waals surface area (Å²) in [5.74, 6) is -0.951. The molecule has 0 aliphatic carbocycles. The van der Waals surface area contributed by atoms with Crippen LogP contribution in [-0.4, -0.2) is 16.1 Å². The summed E-state index contributed by atoms with van der Waals surface area (Å²) < 4.78 is 0. The summed E-state index contributed by atoms with van der Waals surface area (Å²) in [7, 11) is 0. The van der Waals surface area contributed by atoms with Crippen LogP contribution in [0, 0.1) is 0 Å². The number of hydrogen-bond acceptors (Lipinski definition) is 2. The van der Waals surface area contributed by atoms with Crippen molar-refractivity contribution in [1.82, 2.24) is 4.98 Å². The summed E-state index contributed by atoms with van der Waals surface area (Å²) in [6.45, 7) is 5.77. The quantitative estimate of drug-likeness (QED) is 0.515. The fourth-order valence-electron chi connectivity index (χ4n) is 2.18. The Hall–Kier alpha value is -1.64. The van der Waals surface area contributed by atoms with E-state index in [4.69, 9.17) is 5.11 Å². The van der Waals surface area contributed by atoms with E-state index in [9.17, 15) is 4.79 Å². The molecule has 1 aromatic heterocycles. The molecule has 3 nitrogen and oxygen atoms in total. The predicted octanol–water partition coefficient (Wildman–Crippen LogP) is 4.17. The van der Waals surface area contributed by atoms with Crippen LogP contribution in [0.3, 0.4) is 0 Å². The number of pyridine rings is 1. The van der Waals surface area contributed by atoms with Crippen LogP contribution >= 0.6 is 0 Å². The molecule has 110 valence electrons. The lowest BCUT2D eigenvalue weighted by Gasteiger charge is -2.05. The second-order valence-corrected chi connectivity index (χ2v) is 5.26. The van der Waals surface area contributed by atoms with Crippen LogP contribution in [-0.2, 0) is 17.6 Å². The second kappa shape index (κ2) is 9.29. The Bertz CT molecular complexity index is 440. The van der Waals surface area contributed by atoms with Gasteiger partial charge in [0.15, 0.2) is 0 Å². The van der Waals surface area contributed by atoms with E-state index in [2.05, 4.69) is 18.5 Å². The highest BCUT2D eigenvalue weighted by Crippen LogP contribution is 2.12. The van der Waals surface area contributed by atoms with E-state index in [0.717, 1.165) is 12.1 Å². The molecule has 0 fully saturated rings. The Morgan fingerprint density at radius 3 is 2.65 bits per heavy atom. The first-order valence-electron chi connectivity index (χ1n) is 7.48. The van der Waals surface area contributed by atoms with Crippen LogP contribution in [0.25, 0.3) is 0 Å². The van der Waals surface area contributed by atoms with Crippen LogP contribution < -0.4 is 0 Å². The number of aromatic nitrogens is 1. The van der Waals surface area contributed by atoms with Gasteiger partial charge in [-0.1, -0.05) is 45.6 Å². The highest BCUT2D eigenvalue weighted by molar-refractivity contribution is 5.86. The van der Waals surface area contributed by atoms with Crippen LogP contribution in [0.4, 0.5) is 0 Å². The molecular formula is C17H25NO2. The normalized spacial score (nSPS) is 10.4. The minimum absolute atomic E-state index is 0.189. The molecule has 0 atom stereocenters. The number of carboxylic acid groups (broad SMARTS) is 1. The number of aryl methyl sites for hydroxylation is 1. The van der Waals surface area contributed by atoms with Crippen LogP contribution in [0.15, 0.2) is 30.5 Å². The first-order chi connectivity index (χ1) is 9.63. The van der Waals surface area contributed by atoms with Crippen molar-refractivity contribution in [3.05, 3.63) is 41.7 Å². The molecule has 1 aromatic rings. The van der Waals surface area contributed by atoms with Gasteiger partial charge in [-0.3, -0.25) is 4.98 Å². The molecular weight excluding hydrogens is 250 g/mol. The molecule has 20 heavy (non-hydrogen) atoms. The van der Waals surface area contributed by atoms with Gasteiger partial charge >= 0.3 is 5.97 Å². The molecule has 0 aliphatic heterocycles. The van der Waals surface area contributed by atoms with Gasteiger partial charge < -0.3 is 5.11 Å². The summed E-state index contributed by atoms with van der Waals surface area (Å²) >= 11 is 0. The predicted molar refractivity (Wildman–Crippen MR) is 81.8 cm³/mol. The first kappa shape index (κ1) is 16.4. The average molecular weight is 275 g/mol. The van der Waals surface area contributed by atoms with Gasteiger partial charge in [0.2, 0.25) is 0 Å².